The number of nitrogens with zero attached hydrogens (tertiary/aromatic N) is 6. The van der Waals surface area contributed by atoms with Crippen molar-refractivity contribution in [1.82, 2.24) is 29.9 Å². The quantitative estimate of drug-likeness (QED) is 0.122. The SMILES string of the molecule is CC1(C)OB(c2cccc3c2C2(CCCCC2)c2ccccc2-3)OC1(C)C.Clc1cccc(-c2ccc(-c3nc(-c4ccccc4)nc(-c4ccc5c(c4)oc4ccccc45)n3)cc2)c1.c1ccc(-c2nc(-c3ccc(-c4cccc(-c5cccc6c5C5(CCCCC5)c5ccccc5-6)c4)cc3)nc(-c3ccc4c(c3)oc3ccccc34)n2)cc1. The van der Waals surface area contributed by atoms with Crippen LogP contribution < -0.4 is 5.46 Å². The van der Waals surface area contributed by atoms with Crippen molar-refractivity contribution < 1.29 is 18.1 Å². The number of rotatable bonds is 10. The number of para-hydroxylation sites is 2. The molecule has 18 aromatic rings. The highest BCUT2D eigenvalue weighted by Crippen LogP contribution is 2.59. The van der Waals surface area contributed by atoms with E-state index in [1.165, 1.54) is 131 Å². The third-order valence-electron chi connectivity index (χ3n) is 26.1. The molecule has 0 amide bonds. The van der Waals surface area contributed by atoms with Crippen LogP contribution in [0.5, 0.6) is 0 Å². The lowest BCUT2D eigenvalue weighted by Gasteiger charge is -2.37. The van der Waals surface area contributed by atoms with Crippen LogP contribution in [0.2, 0.25) is 5.02 Å². The van der Waals surface area contributed by atoms with Crippen LogP contribution in [0.15, 0.2) is 336 Å². The Morgan fingerprint density at radius 1 is 0.258 bits per heavy atom. The van der Waals surface area contributed by atoms with E-state index in [4.69, 9.17) is 59.6 Å². The monoisotopic (exact) mass is 1580 g/mol. The molecule has 4 aliphatic carbocycles. The minimum Gasteiger partial charge on any atom is -0.456 e. The summed E-state index contributed by atoms with van der Waals surface area (Å²) in [5.74, 6) is 3.69. The van der Waals surface area contributed by atoms with Crippen molar-refractivity contribution in [3.63, 3.8) is 0 Å². The molecule has 1 aliphatic heterocycles. The summed E-state index contributed by atoms with van der Waals surface area (Å²) in [7, 11) is -0.293. The summed E-state index contributed by atoms with van der Waals surface area (Å²) in [5.41, 5.74) is 28.4. The molecule has 0 radical (unpaired) electrons. The molecule has 14 aromatic carbocycles. The number of hydrogen-bond acceptors (Lipinski definition) is 10. The Balaban J connectivity index is 0.000000119. The largest absolute Gasteiger partial charge is 0.495 e. The van der Waals surface area contributed by atoms with Gasteiger partial charge in [0.25, 0.3) is 0 Å². The first kappa shape index (κ1) is 74.5. The van der Waals surface area contributed by atoms with Crippen molar-refractivity contribution in [3.8, 4) is 124 Å². The zero-order valence-corrected chi connectivity index (χ0v) is 68.3. The first-order valence-electron chi connectivity index (χ1n) is 42.2. The highest BCUT2D eigenvalue weighted by Gasteiger charge is 2.55. The summed E-state index contributed by atoms with van der Waals surface area (Å²) >= 11 is 6.20. The van der Waals surface area contributed by atoms with Crippen LogP contribution in [-0.4, -0.2) is 48.2 Å². The second-order valence-corrected chi connectivity index (χ2v) is 34.1. The molecule has 10 nitrogen and oxygen atoms in total. The molecular weight excluding hydrogens is 1490 g/mol. The molecule has 3 fully saturated rings. The fraction of sp³-hybridized carbons (Fsp3) is 0.167. The first-order chi connectivity index (χ1) is 58.8. The predicted molar refractivity (Wildman–Crippen MR) is 489 cm³/mol. The fourth-order valence-corrected chi connectivity index (χ4v) is 19.7. The van der Waals surface area contributed by atoms with Crippen LogP contribution in [0.25, 0.3) is 168 Å². The van der Waals surface area contributed by atoms with Crippen LogP contribution in [-0.2, 0) is 20.1 Å². The average Bonchev–Trinajstić information content (AvgIpc) is 1.54. The highest BCUT2D eigenvalue weighted by molar-refractivity contribution is 6.63. The summed E-state index contributed by atoms with van der Waals surface area (Å²) in [6, 6.07) is 114. The van der Waals surface area contributed by atoms with E-state index in [1.54, 1.807) is 0 Å². The van der Waals surface area contributed by atoms with E-state index in [1.807, 2.05) is 152 Å². The summed E-state index contributed by atoms with van der Waals surface area (Å²) in [6.45, 7) is 8.56. The summed E-state index contributed by atoms with van der Waals surface area (Å²) in [5, 5.41) is 5.05. The molecule has 0 unspecified atom stereocenters. The summed E-state index contributed by atoms with van der Waals surface area (Å²) in [6.07, 6.45) is 12.7. The number of halogens is 1. The minimum absolute atomic E-state index is 0.0955. The Hall–Kier alpha value is -13.0. The van der Waals surface area contributed by atoms with E-state index < -0.39 is 0 Å². The molecule has 23 rings (SSSR count). The van der Waals surface area contributed by atoms with Gasteiger partial charge in [-0.05, 0) is 191 Å². The third kappa shape index (κ3) is 13.3. The standard InChI is InChI=1S/C51H37N3O.C33H20ClN3O.C24H29BO2/c1-3-13-34(14-4-1)48-52-49(54-50(53-48)38-27-28-42-41-18-6-8-22-45(41)55-46(42)32-38)35-25-23-33(24-26-35)36-15-11-16-37(31-36)39-19-12-20-43-40-17-5-7-21-44(40)51(47(39)43)29-9-2-10-30-51;34-26-10-6-9-24(19-26)21-13-15-23(16-14-21)32-35-31(22-7-2-1-3-8-22)36-33(37-32)25-17-18-28-27-11-4-5-12-29(27)38-30(28)20-25;1-22(2)23(3,4)27-25(26-22)20-14-10-12-18-17-11-6-7-13-19(17)24(21(18)20)15-8-5-9-16-24/h1,3-8,11-28,31-32H,2,9-10,29-30H2;1-20H;6-7,10-14H,5,8-9,15-16H2,1-4H3. The Morgan fingerprint density at radius 3 is 1.09 bits per heavy atom. The van der Waals surface area contributed by atoms with Crippen molar-refractivity contribution in [2.24, 2.45) is 0 Å². The lowest BCUT2D eigenvalue weighted by molar-refractivity contribution is 0.00578. The Bertz CT molecular complexity index is 6950. The maximum atomic E-state index is 6.49. The maximum absolute atomic E-state index is 6.49. The zero-order chi connectivity index (χ0) is 80.7. The van der Waals surface area contributed by atoms with E-state index in [-0.39, 0.29) is 29.2 Å². The molecule has 5 heterocycles. The van der Waals surface area contributed by atoms with Crippen molar-refractivity contribution in [2.45, 2.75) is 114 Å². The van der Waals surface area contributed by atoms with E-state index in [0.717, 1.165) is 93.9 Å². The van der Waals surface area contributed by atoms with Crippen LogP contribution in [0, 0.1) is 0 Å². The Morgan fingerprint density at radius 2 is 0.600 bits per heavy atom. The zero-order valence-electron chi connectivity index (χ0n) is 67.5. The smallest absolute Gasteiger partial charge is 0.456 e. The molecule has 2 spiro atoms. The molecule has 582 valence electrons. The van der Waals surface area contributed by atoms with Gasteiger partial charge in [-0.15, -0.1) is 0 Å². The molecule has 120 heavy (non-hydrogen) atoms. The number of fused-ring (bicyclic) bond motifs is 16. The lowest BCUT2D eigenvalue weighted by atomic mass is 9.62. The van der Waals surface area contributed by atoms with Crippen molar-refractivity contribution in [3.05, 3.63) is 355 Å². The predicted octanol–water partition coefficient (Wildman–Crippen LogP) is 27.6. The molecule has 5 aliphatic rings. The Kier molecular flexibility index (Phi) is 18.9. The molecule has 0 N–H and O–H groups in total. The molecule has 2 saturated carbocycles. The van der Waals surface area contributed by atoms with Gasteiger partial charge >= 0.3 is 7.12 Å². The molecule has 1 saturated heterocycles. The molecule has 0 bridgehead atoms. The van der Waals surface area contributed by atoms with Gasteiger partial charge in [0, 0.05) is 70.8 Å². The molecule has 4 aromatic heterocycles. The van der Waals surface area contributed by atoms with Crippen LogP contribution in [0.1, 0.15) is 114 Å². The van der Waals surface area contributed by atoms with Gasteiger partial charge in [0.15, 0.2) is 34.9 Å². The molecule has 12 heteroatoms. The number of furan rings is 2. The van der Waals surface area contributed by atoms with Crippen LogP contribution in [0.3, 0.4) is 0 Å². The third-order valence-corrected chi connectivity index (χ3v) is 26.3. The second kappa shape index (κ2) is 30.4. The normalized spacial score (nSPS) is 15.6. The van der Waals surface area contributed by atoms with Crippen molar-refractivity contribution in [2.75, 3.05) is 0 Å². The van der Waals surface area contributed by atoms with Crippen molar-refractivity contribution in [1.29, 1.82) is 0 Å². The van der Waals surface area contributed by atoms with E-state index >= 15 is 0 Å². The maximum Gasteiger partial charge on any atom is 0.495 e. The van der Waals surface area contributed by atoms with Gasteiger partial charge in [-0.3, -0.25) is 0 Å². The van der Waals surface area contributed by atoms with E-state index in [2.05, 4.69) is 204 Å². The van der Waals surface area contributed by atoms with Gasteiger partial charge in [0.2, 0.25) is 0 Å². The second-order valence-electron chi connectivity index (χ2n) is 33.7. The van der Waals surface area contributed by atoms with Gasteiger partial charge in [0.1, 0.15) is 22.3 Å². The number of hydrogen-bond donors (Lipinski definition) is 0. The van der Waals surface area contributed by atoms with Gasteiger partial charge in [-0.1, -0.05) is 323 Å². The average molecular weight is 1580 g/mol. The molecule has 0 atom stereocenters. The first-order valence-corrected chi connectivity index (χ1v) is 42.5. The number of benzene rings is 14. The minimum atomic E-state index is -0.314. The van der Waals surface area contributed by atoms with Gasteiger partial charge in [-0.2, -0.15) is 0 Å². The topological polar surface area (TPSA) is 122 Å². The molecular formula is C108H86BClN6O4. The lowest BCUT2D eigenvalue weighted by Crippen LogP contribution is -2.42. The Labute approximate surface area is 704 Å². The van der Waals surface area contributed by atoms with E-state index in [0.29, 0.717) is 40.0 Å². The van der Waals surface area contributed by atoms with Crippen LogP contribution in [0.4, 0.5) is 0 Å². The van der Waals surface area contributed by atoms with Gasteiger partial charge in [0.05, 0.1) is 11.2 Å². The van der Waals surface area contributed by atoms with Crippen LogP contribution >= 0.6 is 11.6 Å². The summed E-state index contributed by atoms with van der Waals surface area (Å²) in [4.78, 5) is 29.6. The van der Waals surface area contributed by atoms with Crippen molar-refractivity contribution >= 4 is 68.1 Å². The van der Waals surface area contributed by atoms with E-state index in [9.17, 15) is 0 Å². The fourth-order valence-electron chi connectivity index (χ4n) is 19.5. The summed E-state index contributed by atoms with van der Waals surface area (Å²) < 4.78 is 25.3. The van der Waals surface area contributed by atoms with Gasteiger partial charge < -0.3 is 18.1 Å². The highest BCUT2D eigenvalue weighted by atomic mass is 35.5. The van der Waals surface area contributed by atoms with Gasteiger partial charge in [-0.25, -0.2) is 29.9 Å². The number of aromatic nitrogens is 6.